The Morgan fingerprint density at radius 1 is 1.09 bits per heavy atom. The second-order valence-corrected chi connectivity index (χ2v) is 8.28. The molecule has 7 nitrogen and oxygen atoms in total. The standard InChI is InChI=1S/C23H21FN4O3S/c1-14-11-18(15(2)28(14)17-9-7-16(24)8-10-17)23(30)27-26-21(29)12-31-13-22-25-19-5-3-4-6-20(19)32-22/h3-11H,12-13H2,1-2H3,(H,26,29)(H,27,30). The number of para-hydroxylation sites is 1. The maximum Gasteiger partial charge on any atom is 0.271 e. The summed E-state index contributed by atoms with van der Waals surface area (Å²) in [5.74, 6) is -1.26. The van der Waals surface area contributed by atoms with Crippen LogP contribution in [-0.4, -0.2) is 28.0 Å². The number of nitrogens with zero attached hydrogens (tertiary/aromatic N) is 2. The van der Waals surface area contributed by atoms with E-state index in [0.717, 1.165) is 26.6 Å². The predicted octanol–water partition coefficient (Wildman–Crippen LogP) is 3.82. The van der Waals surface area contributed by atoms with E-state index in [1.165, 1.54) is 23.5 Å². The van der Waals surface area contributed by atoms with Crippen molar-refractivity contribution in [3.8, 4) is 5.69 Å². The molecule has 164 valence electrons. The third-order valence-electron chi connectivity index (χ3n) is 4.87. The number of amides is 2. The summed E-state index contributed by atoms with van der Waals surface area (Å²) in [6, 6.07) is 15.5. The fourth-order valence-corrected chi connectivity index (χ4v) is 4.33. The molecule has 0 radical (unpaired) electrons. The predicted molar refractivity (Wildman–Crippen MR) is 120 cm³/mol. The topological polar surface area (TPSA) is 85.2 Å². The SMILES string of the molecule is Cc1cc(C(=O)NNC(=O)COCc2nc3ccccc3s2)c(C)n1-c1ccc(F)cc1. The molecule has 0 fully saturated rings. The third kappa shape index (κ3) is 4.68. The normalized spacial score (nSPS) is 11.0. The zero-order chi connectivity index (χ0) is 22.7. The molecule has 2 aromatic carbocycles. The van der Waals surface area contributed by atoms with Crippen molar-refractivity contribution < 1.29 is 18.7 Å². The Labute approximate surface area is 187 Å². The zero-order valence-corrected chi connectivity index (χ0v) is 18.3. The number of ether oxygens (including phenoxy) is 1. The first-order valence-electron chi connectivity index (χ1n) is 9.88. The second-order valence-electron chi connectivity index (χ2n) is 7.17. The molecule has 0 aliphatic carbocycles. The molecule has 2 aromatic heterocycles. The first kappa shape index (κ1) is 21.7. The van der Waals surface area contributed by atoms with E-state index in [2.05, 4.69) is 15.8 Å². The van der Waals surface area contributed by atoms with Gasteiger partial charge in [-0.1, -0.05) is 12.1 Å². The van der Waals surface area contributed by atoms with Gasteiger partial charge in [0.1, 0.15) is 17.4 Å². The quantitative estimate of drug-likeness (QED) is 0.436. The second kappa shape index (κ2) is 9.29. The van der Waals surface area contributed by atoms with E-state index in [9.17, 15) is 14.0 Å². The highest BCUT2D eigenvalue weighted by Crippen LogP contribution is 2.22. The number of carbonyl (C=O) groups is 2. The Bertz CT molecular complexity index is 1250. The Morgan fingerprint density at radius 3 is 2.59 bits per heavy atom. The van der Waals surface area contributed by atoms with Crippen LogP contribution in [0, 0.1) is 19.7 Å². The number of benzene rings is 2. The number of hydrazine groups is 1. The molecule has 0 aliphatic rings. The van der Waals surface area contributed by atoms with Gasteiger partial charge in [0.15, 0.2) is 0 Å². The lowest BCUT2D eigenvalue weighted by Gasteiger charge is -2.10. The third-order valence-corrected chi connectivity index (χ3v) is 5.88. The summed E-state index contributed by atoms with van der Waals surface area (Å²) in [6.07, 6.45) is 0. The molecule has 32 heavy (non-hydrogen) atoms. The molecule has 9 heteroatoms. The van der Waals surface area contributed by atoms with Crippen LogP contribution in [0.15, 0.2) is 54.6 Å². The largest absolute Gasteiger partial charge is 0.364 e. The Balaban J connectivity index is 1.31. The van der Waals surface area contributed by atoms with Crippen LogP contribution >= 0.6 is 11.3 Å². The maximum atomic E-state index is 13.2. The number of fused-ring (bicyclic) bond motifs is 1. The number of halogens is 1. The van der Waals surface area contributed by atoms with Gasteiger partial charge < -0.3 is 9.30 Å². The van der Waals surface area contributed by atoms with Gasteiger partial charge in [0.2, 0.25) is 0 Å². The first-order valence-corrected chi connectivity index (χ1v) is 10.7. The van der Waals surface area contributed by atoms with E-state index in [4.69, 9.17) is 4.74 Å². The number of rotatable bonds is 6. The van der Waals surface area contributed by atoms with Crippen molar-refractivity contribution in [2.45, 2.75) is 20.5 Å². The average Bonchev–Trinajstić information content (AvgIpc) is 3.32. The highest BCUT2D eigenvalue weighted by atomic mass is 32.1. The number of aromatic nitrogens is 2. The van der Waals surface area contributed by atoms with Crippen LogP contribution in [0.1, 0.15) is 26.8 Å². The number of thiazole rings is 1. The van der Waals surface area contributed by atoms with Crippen LogP contribution in [0.25, 0.3) is 15.9 Å². The van der Waals surface area contributed by atoms with Crippen LogP contribution in [0.2, 0.25) is 0 Å². The van der Waals surface area contributed by atoms with Gasteiger partial charge in [-0.05, 0) is 56.3 Å². The van der Waals surface area contributed by atoms with Crippen molar-refractivity contribution in [1.29, 1.82) is 0 Å². The number of carbonyl (C=O) groups excluding carboxylic acids is 2. The van der Waals surface area contributed by atoms with Crippen molar-refractivity contribution in [3.05, 3.63) is 82.4 Å². The lowest BCUT2D eigenvalue weighted by atomic mass is 10.2. The van der Waals surface area contributed by atoms with Gasteiger partial charge in [0.25, 0.3) is 11.8 Å². The van der Waals surface area contributed by atoms with E-state index in [0.29, 0.717) is 11.3 Å². The summed E-state index contributed by atoms with van der Waals surface area (Å²) < 4.78 is 21.5. The molecule has 4 aromatic rings. The molecular formula is C23H21FN4O3S. The monoisotopic (exact) mass is 452 g/mol. The minimum Gasteiger partial charge on any atom is -0.364 e. The van der Waals surface area contributed by atoms with E-state index in [1.807, 2.05) is 35.8 Å². The Morgan fingerprint density at radius 2 is 1.84 bits per heavy atom. The Kier molecular flexibility index (Phi) is 6.29. The van der Waals surface area contributed by atoms with Crippen LogP contribution in [0.5, 0.6) is 0 Å². The molecule has 4 rings (SSSR count). The molecule has 0 atom stereocenters. The van der Waals surface area contributed by atoms with Gasteiger partial charge in [-0.3, -0.25) is 20.4 Å². The molecule has 0 saturated heterocycles. The van der Waals surface area contributed by atoms with E-state index in [-0.39, 0.29) is 19.0 Å². The average molecular weight is 453 g/mol. The summed E-state index contributed by atoms with van der Waals surface area (Å²) in [5, 5.41) is 0.774. The van der Waals surface area contributed by atoms with Crippen molar-refractivity contribution in [1.82, 2.24) is 20.4 Å². The molecule has 0 aliphatic heterocycles. The summed E-state index contributed by atoms with van der Waals surface area (Å²) in [5.41, 5.74) is 8.29. The van der Waals surface area contributed by atoms with Gasteiger partial charge in [-0.2, -0.15) is 0 Å². The highest BCUT2D eigenvalue weighted by molar-refractivity contribution is 7.18. The number of nitrogens with one attached hydrogen (secondary N) is 2. The smallest absolute Gasteiger partial charge is 0.271 e. The number of hydrogen-bond acceptors (Lipinski definition) is 5. The molecule has 0 spiro atoms. The minimum atomic E-state index is -0.480. The molecule has 2 N–H and O–H groups in total. The van der Waals surface area contributed by atoms with Crippen LogP contribution in [0.4, 0.5) is 4.39 Å². The van der Waals surface area contributed by atoms with Crippen molar-refractivity contribution in [2.24, 2.45) is 0 Å². The zero-order valence-electron chi connectivity index (χ0n) is 17.5. The molecule has 2 heterocycles. The summed E-state index contributed by atoms with van der Waals surface area (Å²) in [6.45, 7) is 3.63. The molecular weight excluding hydrogens is 431 g/mol. The van der Waals surface area contributed by atoms with Gasteiger partial charge in [0.05, 0.1) is 22.4 Å². The van der Waals surface area contributed by atoms with Crippen molar-refractivity contribution in [2.75, 3.05) is 6.61 Å². The number of aryl methyl sites for hydroxylation is 1. The summed E-state index contributed by atoms with van der Waals surface area (Å²) >= 11 is 1.51. The van der Waals surface area contributed by atoms with Crippen molar-refractivity contribution >= 4 is 33.4 Å². The Hall–Kier alpha value is -3.56. The molecule has 2 amide bonds. The molecule has 0 saturated carbocycles. The van der Waals surface area contributed by atoms with E-state index in [1.54, 1.807) is 25.1 Å². The van der Waals surface area contributed by atoms with E-state index < -0.39 is 11.8 Å². The van der Waals surface area contributed by atoms with Crippen LogP contribution < -0.4 is 10.9 Å². The molecule has 0 unspecified atom stereocenters. The highest BCUT2D eigenvalue weighted by Gasteiger charge is 2.17. The lowest BCUT2D eigenvalue weighted by Crippen LogP contribution is -2.43. The van der Waals surface area contributed by atoms with Gasteiger partial charge in [-0.25, -0.2) is 9.37 Å². The fourth-order valence-electron chi connectivity index (χ4n) is 3.42. The first-order chi connectivity index (χ1) is 15.4. The number of hydrogen-bond donors (Lipinski definition) is 2. The lowest BCUT2D eigenvalue weighted by molar-refractivity contribution is -0.126. The molecule has 0 bridgehead atoms. The van der Waals surface area contributed by atoms with E-state index >= 15 is 0 Å². The van der Waals surface area contributed by atoms with Gasteiger partial charge in [0, 0.05) is 17.1 Å². The summed E-state index contributed by atoms with van der Waals surface area (Å²) in [4.78, 5) is 29.1. The van der Waals surface area contributed by atoms with Gasteiger partial charge in [-0.15, -0.1) is 11.3 Å². The van der Waals surface area contributed by atoms with Crippen LogP contribution in [-0.2, 0) is 16.1 Å². The maximum absolute atomic E-state index is 13.2. The minimum absolute atomic E-state index is 0.208. The van der Waals surface area contributed by atoms with Crippen LogP contribution in [0.3, 0.4) is 0 Å². The fraction of sp³-hybridized carbons (Fsp3) is 0.174. The van der Waals surface area contributed by atoms with Gasteiger partial charge >= 0.3 is 0 Å². The summed E-state index contributed by atoms with van der Waals surface area (Å²) in [7, 11) is 0. The van der Waals surface area contributed by atoms with Crippen molar-refractivity contribution in [3.63, 3.8) is 0 Å².